The first kappa shape index (κ1) is 24.5. The van der Waals surface area contributed by atoms with E-state index in [9.17, 15) is 41.3 Å². The zero-order chi connectivity index (χ0) is 24.6. The molecule has 2 aromatic rings. The van der Waals surface area contributed by atoms with Gasteiger partial charge in [0.1, 0.15) is 0 Å². The summed E-state index contributed by atoms with van der Waals surface area (Å²) in [5.74, 6) is -0.967. The fraction of sp³-hybridized carbons (Fsp3) is 0.381. The molecular weight excluding hydrogens is 456 g/mol. The number of nitro groups is 1. The Morgan fingerprint density at radius 2 is 1.58 bits per heavy atom. The SMILES string of the molecule is NC1CCN(C(=O)c2cc(C(F)(F)F)cc(C(F)(F)F)c2)C(Cc2ccc([N+](=O)[O-])cc2)C1. The number of nitrogens with two attached hydrogens (primary N) is 1. The molecule has 1 saturated heterocycles. The van der Waals surface area contributed by atoms with E-state index in [1.165, 1.54) is 29.2 Å². The van der Waals surface area contributed by atoms with Gasteiger partial charge in [-0.2, -0.15) is 26.3 Å². The van der Waals surface area contributed by atoms with Gasteiger partial charge in [0.2, 0.25) is 0 Å². The summed E-state index contributed by atoms with van der Waals surface area (Å²) < 4.78 is 79.1. The molecule has 6 nitrogen and oxygen atoms in total. The van der Waals surface area contributed by atoms with Crippen molar-refractivity contribution in [3.05, 3.63) is 74.8 Å². The molecule has 2 aromatic carbocycles. The molecule has 3 rings (SSSR count). The summed E-state index contributed by atoms with van der Waals surface area (Å²) in [7, 11) is 0. The van der Waals surface area contributed by atoms with E-state index in [2.05, 4.69) is 0 Å². The number of piperidine rings is 1. The van der Waals surface area contributed by atoms with Crippen molar-refractivity contribution in [2.75, 3.05) is 6.54 Å². The second kappa shape index (κ2) is 9.00. The number of likely N-dealkylation sites (tertiary alicyclic amines) is 1. The minimum atomic E-state index is -5.07. The van der Waals surface area contributed by atoms with Gasteiger partial charge in [0, 0.05) is 36.3 Å². The number of amides is 1. The normalized spacial score (nSPS) is 19.4. The van der Waals surface area contributed by atoms with Crippen molar-refractivity contribution in [1.82, 2.24) is 4.90 Å². The van der Waals surface area contributed by atoms with Crippen molar-refractivity contribution in [1.29, 1.82) is 0 Å². The highest BCUT2D eigenvalue weighted by atomic mass is 19.4. The van der Waals surface area contributed by atoms with Gasteiger partial charge in [0.05, 0.1) is 16.1 Å². The van der Waals surface area contributed by atoms with Crippen molar-refractivity contribution in [3.63, 3.8) is 0 Å². The predicted molar refractivity (Wildman–Crippen MR) is 105 cm³/mol. The molecule has 2 unspecified atom stereocenters. The smallest absolute Gasteiger partial charge is 0.335 e. The Morgan fingerprint density at radius 1 is 1.03 bits per heavy atom. The summed E-state index contributed by atoms with van der Waals surface area (Å²) in [5.41, 5.74) is 2.59. The number of nitro benzene ring substituents is 1. The number of hydrogen-bond acceptors (Lipinski definition) is 4. The molecule has 1 heterocycles. The maximum atomic E-state index is 13.2. The fourth-order valence-corrected chi connectivity index (χ4v) is 3.81. The van der Waals surface area contributed by atoms with Crippen LogP contribution in [-0.4, -0.2) is 34.4 Å². The second-order valence-electron chi connectivity index (χ2n) is 7.86. The topological polar surface area (TPSA) is 89.5 Å². The minimum Gasteiger partial charge on any atom is -0.335 e. The van der Waals surface area contributed by atoms with Gasteiger partial charge in [-0.3, -0.25) is 14.9 Å². The molecule has 2 N–H and O–H groups in total. The first-order chi connectivity index (χ1) is 15.3. The Kier molecular flexibility index (Phi) is 6.68. The highest BCUT2D eigenvalue weighted by Gasteiger charge is 2.39. The Hall–Kier alpha value is -3.15. The Bertz CT molecular complexity index is 1000. The van der Waals surface area contributed by atoms with Crippen molar-refractivity contribution in [2.24, 2.45) is 5.73 Å². The highest BCUT2D eigenvalue weighted by molar-refractivity contribution is 5.95. The third-order valence-corrected chi connectivity index (χ3v) is 5.47. The molecule has 2 atom stereocenters. The number of non-ortho nitro benzene ring substituents is 1. The van der Waals surface area contributed by atoms with Crippen LogP contribution in [0.1, 0.15) is 39.9 Å². The third-order valence-electron chi connectivity index (χ3n) is 5.47. The molecule has 1 aliphatic rings. The highest BCUT2D eigenvalue weighted by Crippen LogP contribution is 2.37. The molecule has 0 radical (unpaired) electrons. The monoisotopic (exact) mass is 475 g/mol. The maximum absolute atomic E-state index is 13.2. The summed E-state index contributed by atoms with van der Waals surface area (Å²) >= 11 is 0. The summed E-state index contributed by atoms with van der Waals surface area (Å²) in [6, 6.07) is 5.37. The number of rotatable bonds is 4. The standard InChI is InChI=1S/C21H19F6N3O3/c22-20(23,24)14-8-13(9-15(10-14)21(25,26)27)19(31)29-6-5-16(28)11-18(29)7-12-1-3-17(4-2-12)30(32)33/h1-4,8-10,16,18H,5-7,11,28H2. The molecule has 1 amide bonds. The largest absolute Gasteiger partial charge is 0.416 e. The van der Waals surface area contributed by atoms with E-state index in [1.807, 2.05) is 0 Å². The number of hydrogen-bond donors (Lipinski definition) is 1. The van der Waals surface area contributed by atoms with E-state index in [4.69, 9.17) is 5.73 Å². The van der Waals surface area contributed by atoms with Crippen LogP contribution in [0.15, 0.2) is 42.5 Å². The molecule has 33 heavy (non-hydrogen) atoms. The van der Waals surface area contributed by atoms with Gasteiger partial charge in [-0.25, -0.2) is 0 Å². The average molecular weight is 475 g/mol. The molecule has 0 aliphatic carbocycles. The molecule has 0 saturated carbocycles. The molecule has 12 heteroatoms. The van der Waals surface area contributed by atoms with Crippen LogP contribution in [0.2, 0.25) is 0 Å². The summed E-state index contributed by atoms with van der Waals surface area (Å²) in [5, 5.41) is 10.8. The van der Waals surface area contributed by atoms with Crippen LogP contribution < -0.4 is 5.73 Å². The lowest BCUT2D eigenvalue weighted by Crippen LogP contribution is -2.50. The van der Waals surface area contributed by atoms with Crippen molar-refractivity contribution in [3.8, 4) is 0 Å². The van der Waals surface area contributed by atoms with Crippen LogP contribution in [0.4, 0.5) is 32.0 Å². The number of carbonyl (C=O) groups is 1. The van der Waals surface area contributed by atoms with Crippen molar-refractivity contribution < 1.29 is 36.1 Å². The number of carbonyl (C=O) groups excluding carboxylic acids is 1. The Morgan fingerprint density at radius 3 is 2.06 bits per heavy atom. The summed E-state index contributed by atoms with van der Waals surface area (Å²) in [6.45, 7) is 0.0508. The van der Waals surface area contributed by atoms with E-state index in [1.54, 1.807) is 0 Å². The molecule has 1 fully saturated rings. The summed E-state index contributed by atoms with van der Waals surface area (Å²) in [4.78, 5) is 24.5. The van der Waals surface area contributed by atoms with Crippen molar-refractivity contribution in [2.45, 2.75) is 43.7 Å². The molecule has 0 bridgehead atoms. The fourth-order valence-electron chi connectivity index (χ4n) is 3.81. The number of benzene rings is 2. The molecule has 0 aromatic heterocycles. The van der Waals surface area contributed by atoms with Crippen LogP contribution in [0.3, 0.4) is 0 Å². The first-order valence-electron chi connectivity index (χ1n) is 9.85. The van der Waals surface area contributed by atoms with Crippen molar-refractivity contribution >= 4 is 11.6 Å². The summed E-state index contributed by atoms with van der Waals surface area (Å²) in [6.07, 6.45) is -9.36. The van der Waals surface area contributed by atoms with E-state index in [0.29, 0.717) is 24.1 Å². The van der Waals surface area contributed by atoms with Crippen LogP contribution >= 0.6 is 0 Å². The molecule has 178 valence electrons. The maximum Gasteiger partial charge on any atom is 0.416 e. The van der Waals surface area contributed by atoms with E-state index in [-0.39, 0.29) is 37.2 Å². The number of alkyl halides is 6. The average Bonchev–Trinajstić information content (AvgIpc) is 2.72. The number of halogens is 6. The first-order valence-corrected chi connectivity index (χ1v) is 9.85. The quantitative estimate of drug-likeness (QED) is 0.391. The van der Waals surface area contributed by atoms with Gasteiger partial charge >= 0.3 is 12.4 Å². The van der Waals surface area contributed by atoms with Gasteiger partial charge in [0.15, 0.2) is 0 Å². The lowest BCUT2D eigenvalue weighted by molar-refractivity contribution is -0.384. The zero-order valence-corrected chi connectivity index (χ0v) is 17.0. The van der Waals surface area contributed by atoms with Gasteiger partial charge < -0.3 is 10.6 Å². The van der Waals surface area contributed by atoms with E-state index >= 15 is 0 Å². The van der Waals surface area contributed by atoms with Crippen LogP contribution in [0, 0.1) is 10.1 Å². The van der Waals surface area contributed by atoms with Crippen LogP contribution in [0.25, 0.3) is 0 Å². The van der Waals surface area contributed by atoms with Gasteiger partial charge in [0.25, 0.3) is 11.6 Å². The minimum absolute atomic E-state index is 0.0305. The lowest BCUT2D eigenvalue weighted by Gasteiger charge is -2.39. The molecule has 1 aliphatic heterocycles. The van der Waals surface area contributed by atoms with Gasteiger partial charge in [-0.05, 0) is 43.0 Å². The Balaban J connectivity index is 1.93. The van der Waals surface area contributed by atoms with E-state index in [0.717, 1.165) is 0 Å². The predicted octanol–water partition coefficient (Wildman–Crippen LogP) is 4.81. The second-order valence-corrected chi connectivity index (χ2v) is 7.86. The van der Waals surface area contributed by atoms with Crippen LogP contribution in [-0.2, 0) is 18.8 Å². The third kappa shape index (κ3) is 5.81. The van der Waals surface area contributed by atoms with Crippen LogP contribution in [0.5, 0.6) is 0 Å². The molecule has 0 spiro atoms. The Labute approximate surface area is 184 Å². The lowest BCUT2D eigenvalue weighted by atomic mass is 9.91. The van der Waals surface area contributed by atoms with Gasteiger partial charge in [-0.15, -0.1) is 0 Å². The number of nitrogens with zero attached hydrogens (tertiary/aromatic N) is 2. The van der Waals surface area contributed by atoms with E-state index < -0.39 is 45.9 Å². The molecular formula is C21H19F6N3O3. The van der Waals surface area contributed by atoms with Gasteiger partial charge in [-0.1, -0.05) is 12.1 Å². The zero-order valence-electron chi connectivity index (χ0n) is 17.0.